The number of nitrogens with zero attached hydrogens (tertiary/aromatic N) is 3. The Hall–Kier alpha value is -3.31. The van der Waals surface area contributed by atoms with Crippen molar-refractivity contribution in [1.82, 2.24) is 25.3 Å². The quantitative estimate of drug-likeness (QED) is 0.312. The van der Waals surface area contributed by atoms with Crippen molar-refractivity contribution < 1.29 is 13.6 Å². The van der Waals surface area contributed by atoms with Crippen LogP contribution in [0.1, 0.15) is 36.2 Å². The van der Waals surface area contributed by atoms with Crippen molar-refractivity contribution in [3.05, 3.63) is 52.3 Å². The number of aromatic nitrogens is 4. The summed E-state index contributed by atoms with van der Waals surface area (Å²) in [4.78, 5) is 27.7. The monoisotopic (exact) mass is 503 g/mol. The standard InChI is InChI=1S/C22H20ClF2N7OS/c23-10-4-13-14(7-27-18(13)15(24)5-10)19-28-8-16(25)20(32-19)29-11-2-1-3-12(6-11)30-21(33)17-9-34-22(26)31-17/h4-5,7-9,11-12,27H,1-3,6H2,(H2,26,31)(H,30,33)(H,28,29,32)/t11-,12+/m0/s1. The van der Waals surface area contributed by atoms with Crippen LogP contribution < -0.4 is 16.4 Å². The van der Waals surface area contributed by atoms with E-state index >= 15 is 0 Å². The lowest BCUT2D eigenvalue weighted by atomic mass is 9.91. The largest absolute Gasteiger partial charge is 0.375 e. The molecule has 0 saturated heterocycles. The first kappa shape index (κ1) is 22.5. The fourth-order valence-corrected chi connectivity index (χ4v) is 4.98. The number of halogens is 3. The van der Waals surface area contributed by atoms with E-state index in [0.29, 0.717) is 28.2 Å². The van der Waals surface area contributed by atoms with Gasteiger partial charge in [0.1, 0.15) is 11.5 Å². The van der Waals surface area contributed by atoms with E-state index in [4.69, 9.17) is 17.3 Å². The minimum Gasteiger partial charge on any atom is -0.375 e. The van der Waals surface area contributed by atoms with Crippen molar-refractivity contribution >= 4 is 50.7 Å². The van der Waals surface area contributed by atoms with Gasteiger partial charge in [-0.25, -0.2) is 23.7 Å². The lowest BCUT2D eigenvalue weighted by Crippen LogP contribution is -2.42. The van der Waals surface area contributed by atoms with Crippen LogP contribution in [0.4, 0.5) is 19.7 Å². The van der Waals surface area contributed by atoms with Gasteiger partial charge in [0.05, 0.1) is 11.7 Å². The summed E-state index contributed by atoms with van der Waals surface area (Å²) in [5, 5.41) is 8.82. The molecule has 1 aromatic carbocycles. The van der Waals surface area contributed by atoms with Gasteiger partial charge in [0.2, 0.25) is 0 Å². The van der Waals surface area contributed by atoms with E-state index in [9.17, 15) is 13.6 Å². The number of aromatic amines is 1. The van der Waals surface area contributed by atoms with E-state index in [1.165, 1.54) is 17.4 Å². The molecule has 1 aliphatic carbocycles. The highest BCUT2D eigenvalue weighted by atomic mass is 35.5. The SMILES string of the molecule is Nc1nc(C(=O)N[C@@H]2CCC[C@H](Nc3nc(-c4c[nH]c5c(F)cc(Cl)cc45)ncc3F)C2)cs1. The van der Waals surface area contributed by atoms with Gasteiger partial charge in [-0.1, -0.05) is 11.6 Å². The molecule has 0 unspecified atom stereocenters. The maximum absolute atomic E-state index is 14.6. The van der Waals surface area contributed by atoms with E-state index in [-0.39, 0.29) is 40.2 Å². The number of amides is 1. The van der Waals surface area contributed by atoms with Gasteiger partial charge in [-0.3, -0.25) is 4.79 Å². The molecule has 1 aliphatic rings. The Morgan fingerprint density at radius 3 is 2.82 bits per heavy atom. The van der Waals surface area contributed by atoms with Gasteiger partial charge in [0.15, 0.2) is 22.6 Å². The van der Waals surface area contributed by atoms with Gasteiger partial charge >= 0.3 is 0 Å². The molecule has 176 valence electrons. The topological polar surface area (TPSA) is 122 Å². The summed E-state index contributed by atoms with van der Waals surface area (Å²) in [5.74, 6) is -1.09. The Morgan fingerprint density at radius 1 is 1.21 bits per heavy atom. The summed E-state index contributed by atoms with van der Waals surface area (Å²) in [7, 11) is 0. The molecule has 0 bridgehead atoms. The number of benzene rings is 1. The average Bonchev–Trinajstić information content (AvgIpc) is 3.42. The molecule has 8 nitrogen and oxygen atoms in total. The first-order valence-electron chi connectivity index (χ1n) is 10.6. The minimum atomic E-state index is -0.600. The van der Waals surface area contributed by atoms with E-state index in [1.807, 2.05) is 0 Å². The molecule has 1 fully saturated rings. The van der Waals surface area contributed by atoms with Crippen molar-refractivity contribution in [2.45, 2.75) is 37.8 Å². The molecule has 5 N–H and O–H groups in total. The minimum absolute atomic E-state index is 0.0473. The summed E-state index contributed by atoms with van der Waals surface area (Å²) >= 11 is 7.22. The molecule has 0 aliphatic heterocycles. The predicted molar refractivity (Wildman–Crippen MR) is 128 cm³/mol. The van der Waals surface area contributed by atoms with Gasteiger partial charge in [0.25, 0.3) is 5.91 Å². The molecular weight excluding hydrogens is 484 g/mol. The van der Waals surface area contributed by atoms with E-state index in [1.54, 1.807) is 17.6 Å². The second kappa shape index (κ2) is 9.15. The molecule has 3 heterocycles. The van der Waals surface area contributed by atoms with Crippen LogP contribution in [-0.2, 0) is 0 Å². The molecular formula is C22H20ClF2N7OS. The van der Waals surface area contributed by atoms with Gasteiger partial charge < -0.3 is 21.4 Å². The van der Waals surface area contributed by atoms with Crippen molar-refractivity contribution in [3.8, 4) is 11.4 Å². The van der Waals surface area contributed by atoms with E-state index < -0.39 is 11.6 Å². The second-order valence-corrected chi connectivity index (χ2v) is 9.48. The van der Waals surface area contributed by atoms with Crippen molar-refractivity contribution in [2.24, 2.45) is 0 Å². The highest BCUT2D eigenvalue weighted by Crippen LogP contribution is 2.32. The van der Waals surface area contributed by atoms with Crippen LogP contribution in [0.15, 0.2) is 29.9 Å². The van der Waals surface area contributed by atoms with E-state index in [2.05, 4.69) is 30.6 Å². The fraction of sp³-hybridized carbons (Fsp3) is 0.273. The molecule has 4 aromatic rings. The third-order valence-corrected chi connectivity index (χ3v) is 6.69. The lowest BCUT2D eigenvalue weighted by molar-refractivity contribution is 0.0922. The van der Waals surface area contributed by atoms with Crippen LogP contribution in [0.3, 0.4) is 0 Å². The fourth-order valence-electron chi connectivity index (χ4n) is 4.23. The predicted octanol–water partition coefficient (Wildman–Crippen LogP) is 4.75. The molecule has 12 heteroatoms. The van der Waals surface area contributed by atoms with Crippen molar-refractivity contribution in [2.75, 3.05) is 11.1 Å². The molecule has 0 spiro atoms. The zero-order chi connectivity index (χ0) is 23.8. The van der Waals surface area contributed by atoms with Crippen LogP contribution in [-0.4, -0.2) is 37.9 Å². The van der Waals surface area contributed by atoms with Crippen LogP contribution in [0.2, 0.25) is 5.02 Å². The molecule has 3 aromatic heterocycles. The number of nitrogens with two attached hydrogens (primary N) is 1. The summed E-state index contributed by atoms with van der Waals surface area (Å²) < 4.78 is 28.8. The average molecular weight is 504 g/mol. The third-order valence-electron chi connectivity index (χ3n) is 5.80. The molecule has 1 amide bonds. The number of anilines is 2. The smallest absolute Gasteiger partial charge is 0.271 e. The van der Waals surface area contributed by atoms with Crippen LogP contribution in [0.25, 0.3) is 22.3 Å². The number of carbonyl (C=O) groups excluding carboxylic acids is 1. The molecule has 34 heavy (non-hydrogen) atoms. The van der Waals surface area contributed by atoms with Crippen LogP contribution in [0, 0.1) is 11.6 Å². The molecule has 0 radical (unpaired) electrons. The Balaban J connectivity index is 1.33. The number of carbonyl (C=O) groups is 1. The summed E-state index contributed by atoms with van der Waals surface area (Å²) in [6, 6.07) is 2.62. The number of H-pyrrole nitrogens is 1. The van der Waals surface area contributed by atoms with Crippen molar-refractivity contribution in [3.63, 3.8) is 0 Å². The first-order chi connectivity index (χ1) is 16.4. The van der Waals surface area contributed by atoms with E-state index in [0.717, 1.165) is 25.5 Å². The number of rotatable bonds is 5. The molecule has 5 rings (SSSR count). The third kappa shape index (κ3) is 4.53. The maximum Gasteiger partial charge on any atom is 0.271 e. The Morgan fingerprint density at radius 2 is 2.03 bits per heavy atom. The first-order valence-corrected chi connectivity index (χ1v) is 11.9. The Labute approximate surface area is 202 Å². The van der Waals surface area contributed by atoms with Gasteiger partial charge in [-0.05, 0) is 37.8 Å². The zero-order valence-electron chi connectivity index (χ0n) is 17.7. The number of hydrogen-bond donors (Lipinski definition) is 4. The zero-order valence-corrected chi connectivity index (χ0v) is 19.3. The highest BCUT2D eigenvalue weighted by molar-refractivity contribution is 7.13. The number of thiazole rings is 1. The van der Waals surface area contributed by atoms with Gasteiger partial charge in [-0.2, -0.15) is 0 Å². The summed E-state index contributed by atoms with van der Waals surface area (Å²) in [6.45, 7) is 0. The number of hydrogen-bond acceptors (Lipinski definition) is 7. The van der Waals surface area contributed by atoms with Crippen LogP contribution >= 0.6 is 22.9 Å². The van der Waals surface area contributed by atoms with Crippen LogP contribution in [0.5, 0.6) is 0 Å². The molecule has 1 saturated carbocycles. The normalized spacial score (nSPS) is 18.2. The second-order valence-electron chi connectivity index (χ2n) is 8.15. The number of fused-ring (bicyclic) bond motifs is 1. The lowest BCUT2D eigenvalue weighted by Gasteiger charge is -2.30. The van der Waals surface area contributed by atoms with Gasteiger partial charge in [0, 0.05) is 39.6 Å². The summed E-state index contributed by atoms with van der Waals surface area (Å²) in [6.07, 6.45) is 5.70. The van der Waals surface area contributed by atoms with Gasteiger partial charge in [-0.15, -0.1) is 11.3 Å². The maximum atomic E-state index is 14.6. The number of nitrogen functional groups attached to an aromatic ring is 1. The van der Waals surface area contributed by atoms with Crippen molar-refractivity contribution in [1.29, 1.82) is 0 Å². The summed E-state index contributed by atoms with van der Waals surface area (Å²) in [5.41, 5.74) is 6.68. The Kier molecular flexibility index (Phi) is 6.05. The number of nitrogens with one attached hydrogen (secondary N) is 3. The molecule has 2 atom stereocenters. The highest BCUT2D eigenvalue weighted by Gasteiger charge is 2.26. The Bertz CT molecular complexity index is 1370.